The lowest BCUT2D eigenvalue weighted by molar-refractivity contribution is -0.133. The maximum absolute atomic E-state index is 12.5. The molecule has 0 bridgehead atoms. The zero-order chi connectivity index (χ0) is 18.6. The van der Waals surface area contributed by atoms with Crippen LogP contribution < -0.4 is 9.47 Å². The van der Waals surface area contributed by atoms with Crippen LogP contribution in [0, 0.1) is 0 Å². The maximum Gasteiger partial charge on any atom is 0.261 e. The Balaban J connectivity index is 1.62. The van der Waals surface area contributed by atoms with E-state index in [0.29, 0.717) is 18.8 Å². The third kappa shape index (κ3) is 3.77. The first kappa shape index (κ1) is 17.1. The van der Waals surface area contributed by atoms with E-state index in [2.05, 4.69) is 0 Å². The van der Waals surface area contributed by atoms with Gasteiger partial charge < -0.3 is 14.4 Å². The third-order valence-electron chi connectivity index (χ3n) is 4.55. The van der Waals surface area contributed by atoms with Crippen molar-refractivity contribution in [3.05, 3.63) is 78.0 Å². The van der Waals surface area contributed by atoms with E-state index in [4.69, 9.17) is 14.5 Å². The first-order chi connectivity index (χ1) is 13.2. The van der Waals surface area contributed by atoms with E-state index in [1.54, 1.807) is 12.0 Å². The summed E-state index contributed by atoms with van der Waals surface area (Å²) in [7, 11) is 1.63. The molecule has 1 amide bonds. The predicted octanol–water partition coefficient (Wildman–Crippen LogP) is 3.68. The number of fused-ring (bicyclic) bond motifs is 1. The Morgan fingerprint density at radius 1 is 1.07 bits per heavy atom. The highest BCUT2D eigenvalue weighted by molar-refractivity contribution is 5.78. The van der Waals surface area contributed by atoms with Crippen LogP contribution in [0.25, 0.3) is 11.3 Å². The quantitative estimate of drug-likeness (QED) is 0.712. The fraction of sp³-hybridized carbons (Fsp3) is 0.182. The topological polar surface area (TPSA) is 51.7 Å². The van der Waals surface area contributed by atoms with Crippen molar-refractivity contribution < 1.29 is 14.3 Å². The maximum atomic E-state index is 12.5. The summed E-state index contributed by atoms with van der Waals surface area (Å²) in [5, 5.41) is 0. The summed E-state index contributed by atoms with van der Waals surface area (Å²) in [6.45, 7) is 0.908. The number of hydrogen-bond donors (Lipinski definition) is 0. The zero-order valence-electron chi connectivity index (χ0n) is 15.1. The second-order valence-electron chi connectivity index (χ2n) is 6.40. The average Bonchev–Trinajstić information content (AvgIpc) is 2.87. The summed E-state index contributed by atoms with van der Waals surface area (Å²) in [6, 6.07) is 21.5. The van der Waals surface area contributed by atoms with Crippen LogP contribution in [0.1, 0.15) is 11.3 Å². The van der Waals surface area contributed by atoms with Gasteiger partial charge in [-0.25, -0.2) is 4.98 Å². The van der Waals surface area contributed by atoms with E-state index in [-0.39, 0.29) is 12.5 Å². The summed E-state index contributed by atoms with van der Waals surface area (Å²) in [4.78, 5) is 19.1. The molecule has 1 aromatic heterocycles. The van der Waals surface area contributed by atoms with Crippen molar-refractivity contribution in [3.63, 3.8) is 0 Å². The Hall–Kier alpha value is -3.34. The monoisotopic (exact) mass is 360 g/mol. The molecule has 4 rings (SSSR count). The number of aromatic nitrogens is 1. The Kier molecular flexibility index (Phi) is 4.75. The molecule has 136 valence electrons. The van der Waals surface area contributed by atoms with Crippen LogP contribution in [0.3, 0.4) is 0 Å². The number of carbonyl (C=O) groups excluding carboxylic acids is 1. The van der Waals surface area contributed by atoms with E-state index in [0.717, 1.165) is 28.3 Å². The van der Waals surface area contributed by atoms with Crippen LogP contribution >= 0.6 is 0 Å². The van der Waals surface area contributed by atoms with Gasteiger partial charge in [-0.3, -0.25) is 4.79 Å². The highest BCUT2D eigenvalue weighted by Crippen LogP contribution is 2.27. The van der Waals surface area contributed by atoms with Crippen LogP contribution in [0.15, 0.2) is 66.7 Å². The van der Waals surface area contributed by atoms with Gasteiger partial charge in [-0.1, -0.05) is 42.5 Å². The molecule has 3 aromatic rings. The molecule has 5 nitrogen and oxygen atoms in total. The minimum absolute atomic E-state index is 0.0172. The molecule has 0 unspecified atom stereocenters. The molecule has 0 fully saturated rings. The Labute approximate surface area is 158 Å². The van der Waals surface area contributed by atoms with Gasteiger partial charge in [0.25, 0.3) is 5.91 Å². The highest BCUT2D eigenvalue weighted by Gasteiger charge is 2.23. The molecule has 27 heavy (non-hydrogen) atoms. The molecule has 0 atom stereocenters. The van der Waals surface area contributed by atoms with Gasteiger partial charge in [-0.05, 0) is 29.8 Å². The number of pyridine rings is 1. The summed E-state index contributed by atoms with van der Waals surface area (Å²) < 4.78 is 11.0. The van der Waals surface area contributed by atoms with Gasteiger partial charge in [0, 0.05) is 12.1 Å². The second-order valence-corrected chi connectivity index (χ2v) is 6.40. The summed E-state index contributed by atoms with van der Waals surface area (Å²) >= 11 is 0. The smallest absolute Gasteiger partial charge is 0.261 e. The number of rotatable bonds is 4. The molecule has 5 heteroatoms. The van der Waals surface area contributed by atoms with Crippen LogP contribution in [0.4, 0.5) is 0 Å². The van der Waals surface area contributed by atoms with E-state index in [1.807, 2.05) is 66.7 Å². The predicted molar refractivity (Wildman–Crippen MR) is 102 cm³/mol. The van der Waals surface area contributed by atoms with Crippen molar-refractivity contribution in [3.8, 4) is 22.8 Å². The number of carbonyl (C=O) groups is 1. The number of methoxy groups -OCH3 is 1. The average molecular weight is 360 g/mol. The summed E-state index contributed by atoms with van der Waals surface area (Å²) in [6.07, 6.45) is 0. The normalized spacial score (nSPS) is 13.5. The van der Waals surface area contributed by atoms with Crippen LogP contribution in [0.5, 0.6) is 11.5 Å². The minimum Gasteiger partial charge on any atom is -0.497 e. The SMILES string of the molecule is COc1cccc(CN2Cc3nc(-c4ccccc4)ccc3OCC2=O)c1. The lowest BCUT2D eigenvalue weighted by Crippen LogP contribution is -2.32. The van der Waals surface area contributed by atoms with Crippen molar-refractivity contribution >= 4 is 5.91 Å². The highest BCUT2D eigenvalue weighted by atomic mass is 16.5. The Morgan fingerprint density at radius 2 is 1.93 bits per heavy atom. The van der Waals surface area contributed by atoms with E-state index in [1.165, 1.54) is 0 Å². The standard InChI is InChI=1S/C22H20N2O3/c1-26-18-9-5-6-16(12-18)13-24-14-20-21(27-15-22(24)25)11-10-19(23-20)17-7-3-2-4-8-17/h2-12H,13-15H2,1H3. The van der Waals surface area contributed by atoms with Crippen molar-refractivity contribution in [1.82, 2.24) is 9.88 Å². The Bertz CT molecular complexity index is 957. The van der Waals surface area contributed by atoms with E-state index >= 15 is 0 Å². The lowest BCUT2D eigenvalue weighted by Gasteiger charge is -2.20. The van der Waals surface area contributed by atoms with Crippen molar-refractivity contribution in [2.75, 3.05) is 13.7 Å². The van der Waals surface area contributed by atoms with Crippen molar-refractivity contribution in [1.29, 1.82) is 0 Å². The molecule has 1 aliphatic heterocycles. The molecule has 2 heterocycles. The molecular weight excluding hydrogens is 340 g/mol. The van der Waals surface area contributed by atoms with E-state index < -0.39 is 0 Å². The minimum atomic E-state index is -0.0583. The summed E-state index contributed by atoms with van der Waals surface area (Å²) in [5.74, 6) is 1.38. The molecular formula is C22H20N2O3. The van der Waals surface area contributed by atoms with Crippen LogP contribution in [0.2, 0.25) is 0 Å². The molecule has 1 aliphatic rings. The lowest BCUT2D eigenvalue weighted by atomic mass is 10.1. The van der Waals surface area contributed by atoms with Gasteiger partial charge in [-0.15, -0.1) is 0 Å². The van der Waals surface area contributed by atoms with Gasteiger partial charge in [0.15, 0.2) is 6.61 Å². The fourth-order valence-electron chi connectivity index (χ4n) is 3.14. The fourth-order valence-corrected chi connectivity index (χ4v) is 3.14. The van der Waals surface area contributed by atoms with Crippen molar-refractivity contribution in [2.24, 2.45) is 0 Å². The van der Waals surface area contributed by atoms with Gasteiger partial charge in [0.2, 0.25) is 0 Å². The van der Waals surface area contributed by atoms with Crippen LogP contribution in [-0.4, -0.2) is 29.5 Å². The number of hydrogen-bond acceptors (Lipinski definition) is 4. The summed E-state index contributed by atoms with van der Waals surface area (Å²) in [5.41, 5.74) is 3.68. The molecule has 2 aromatic carbocycles. The zero-order valence-corrected chi connectivity index (χ0v) is 15.1. The largest absolute Gasteiger partial charge is 0.497 e. The number of nitrogens with zero attached hydrogens (tertiary/aromatic N) is 2. The van der Waals surface area contributed by atoms with Gasteiger partial charge in [0.05, 0.1) is 19.3 Å². The molecule has 0 aliphatic carbocycles. The van der Waals surface area contributed by atoms with E-state index in [9.17, 15) is 4.79 Å². The van der Waals surface area contributed by atoms with Gasteiger partial charge >= 0.3 is 0 Å². The molecule has 0 N–H and O–H groups in total. The van der Waals surface area contributed by atoms with Crippen molar-refractivity contribution in [2.45, 2.75) is 13.1 Å². The first-order valence-corrected chi connectivity index (χ1v) is 8.82. The molecule has 0 spiro atoms. The first-order valence-electron chi connectivity index (χ1n) is 8.82. The number of ether oxygens (including phenoxy) is 2. The number of benzene rings is 2. The Morgan fingerprint density at radius 3 is 2.74 bits per heavy atom. The number of amides is 1. The molecule has 0 radical (unpaired) electrons. The molecule has 0 saturated heterocycles. The third-order valence-corrected chi connectivity index (χ3v) is 4.55. The molecule has 0 saturated carbocycles. The van der Waals surface area contributed by atoms with Gasteiger partial charge in [-0.2, -0.15) is 0 Å². The van der Waals surface area contributed by atoms with Crippen LogP contribution in [-0.2, 0) is 17.9 Å². The second kappa shape index (κ2) is 7.50. The van der Waals surface area contributed by atoms with Gasteiger partial charge in [0.1, 0.15) is 17.2 Å².